The van der Waals surface area contributed by atoms with Crippen molar-refractivity contribution in [1.29, 1.82) is 0 Å². The molecule has 1 aromatic carbocycles. The second kappa shape index (κ2) is 7.83. The molecule has 90 valence electrons. The van der Waals surface area contributed by atoms with Crippen LogP contribution in [-0.2, 0) is 9.36 Å². The molecule has 7 heteroatoms. The van der Waals surface area contributed by atoms with Crippen LogP contribution in [0.3, 0.4) is 0 Å². The second-order valence-electron chi connectivity index (χ2n) is 3.39. The van der Waals surface area contributed by atoms with Crippen LogP contribution in [0.4, 0.5) is 0 Å². The Labute approximate surface area is 112 Å². The number of benzene rings is 1. The molecule has 0 aromatic heterocycles. The Morgan fingerprint density at radius 3 is 1.59 bits per heavy atom. The predicted molar refractivity (Wildman–Crippen MR) is 59.7 cm³/mol. The van der Waals surface area contributed by atoms with Gasteiger partial charge in [-0.05, 0) is 6.92 Å². The van der Waals surface area contributed by atoms with Gasteiger partial charge < -0.3 is 19.5 Å². The van der Waals surface area contributed by atoms with E-state index in [1.807, 2.05) is 39.2 Å². The fourth-order valence-electron chi connectivity index (χ4n) is 1.34. The van der Waals surface area contributed by atoms with Gasteiger partial charge in [-0.1, -0.05) is 19.4 Å². The number of rotatable bonds is 1. The second-order valence-corrected chi connectivity index (χ2v) is 4.42. The van der Waals surface area contributed by atoms with E-state index in [1.54, 1.807) is 0 Å². The minimum atomic E-state index is -4.64. The van der Waals surface area contributed by atoms with Crippen LogP contribution < -0.4 is 18.9 Å². The molecule has 0 aliphatic rings. The zero-order valence-electron chi connectivity index (χ0n) is 10.3. The van der Waals surface area contributed by atoms with Crippen molar-refractivity contribution in [1.82, 2.24) is 0 Å². The van der Waals surface area contributed by atoms with E-state index in [-0.39, 0.29) is 18.9 Å². The van der Waals surface area contributed by atoms with Gasteiger partial charge in [0.05, 0.1) is 6.29 Å². The first kappa shape index (κ1) is 18.9. The van der Waals surface area contributed by atoms with Gasteiger partial charge in [-0.15, -0.1) is 28.8 Å². The van der Waals surface area contributed by atoms with E-state index >= 15 is 0 Å². The molecule has 0 saturated carbocycles. The molecule has 0 saturated heterocycles. The van der Waals surface area contributed by atoms with Crippen LogP contribution >= 0.6 is 7.82 Å². The maximum atomic E-state index is 10.4. The van der Waals surface area contributed by atoms with Crippen LogP contribution in [-0.4, -0.2) is 21.0 Å². The van der Waals surface area contributed by atoms with Crippen LogP contribution in [0.2, 0.25) is 0 Å². The number of carbonyl (C=O) groups excluding carboxylic acids is 1. The molecular weight excluding hydrogens is 238 g/mol. The topological polar surface area (TPSA) is 94.8 Å². The third kappa shape index (κ3) is 9.31. The SMILES string of the molecule is Cc1cc(C)c([C-]=O)c(C)c1.O=P(O)(O)O.[Li+]. The van der Waals surface area contributed by atoms with E-state index in [1.165, 1.54) is 5.56 Å². The quantitative estimate of drug-likeness (QED) is 0.310. The third-order valence-corrected chi connectivity index (χ3v) is 1.78. The molecular formula is C10H14LiO5P. The van der Waals surface area contributed by atoms with Gasteiger partial charge in [-0.25, -0.2) is 4.57 Å². The molecule has 0 unspecified atom stereocenters. The molecule has 0 radical (unpaired) electrons. The van der Waals surface area contributed by atoms with Crippen molar-refractivity contribution in [3.63, 3.8) is 0 Å². The number of hydrogen-bond acceptors (Lipinski definition) is 2. The van der Waals surface area contributed by atoms with Crippen molar-refractivity contribution >= 4 is 14.1 Å². The molecule has 1 aromatic rings. The molecule has 0 bridgehead atoms. The maximum absolute atomic E-state index is 10.4. The minimum absolute atomic E-state index is 0. The molecule has 0 heterocycles. The molecule has 5 nitrogen and oxygen atoms in total. The molecule has 3 N–H and O–H groups in total. The summed E-state index contributed by atoms with van der Waals surface area (Å²) in [7, 11) is -4.64. The zero-order chi connectivity index (χ0) is 12.9. The average molecular weight is 252 g/mol. The average Bonchev–Trinajstić information content (AvgIpc) is 1.99. The first-order valence-corrected chi connectivity index (χ1v) is 5.96. The first-order valence-electron chi connectivity index (χ1n) is 4.39. The Morgan fingerprint density at radius 2 is 1.35 bits per heavy atom. The fourth-order valence-corrected chi connectivity index (χ4v) is 1.34. The number of aryl methyl sites for hydroxylation is 3. The van der Waals surface area contributed by atoms with Gasteiger partial charge in [0.2, 0.25) is 0 Å². The fraction of sp³-hybridized carbons (Fsp3) is 0.300. The summed E-state index contributed by atoms with van der Waals surface area (Å²) in [6, 6.07) is 3.99. The van der Waals surface area contributed by atoms with Gasteiger partial charge in [0.15, 0.2) is 0 Å². The molecule has 0 aliphatic heterocycles. The molecule has 17 heavy (non-hydrogen) atoms. The van der Waals surface area contributed by atoms with E-state index in [0.717, 1.165) is 11.1 Å². The molecule has 0 fully saturated rings. The summed E-state index contributed by atoms with van der Waals surface area (Å²) < 4.78 is 8.88. The van der Waals surface area contributed by atoms with Gasteiger partial charge in [0.25, 0.3) is 0 Å². The van der Waals surface area contributed by atoms with E-state index in [4.69, 9.17) is 19.2 Å². The summed E-state index contributed by atoms with van der Waals surface area (Å²) in [6.45, 7) is 5.88. The van der Waals surface area contributed by atoms with Gasteiger partial charge in [0.1, 0.15) is 0 Å². The van der Waals surface area contributed by atoms with Crippen molar-refractivity contribution in [2.75, 3.05) is 0 Å². The molecule has 0 atom stereocenters. The summed E-state index contributed by atoms with van der Waals surface area (Å²) >= 11 is 0. The Kier molecular flexibility index (Phi) is 8.73. The maximum Gasteiger partial charge on any atom is 1.00 e. The van der Waals surface area contributed by atoms with E-state index in [2.05, 4.69) is 0 Å². The van der Waals surface area contributed by atoms with Crippen molar-refractivity contribution in [3.05, 3.63) is 34.4 Å². The monoisotopic (exact) mass is 252 g/mol. The zero-order valence-corrected chi connectivity index (χ0v) is 11.2. The van der Waals surface area contributed by atoms with Crippen LogP contribution in [0.15, 0.2) is 12.1 Å². The summed E-state index contributed by atoms with van der Waals surface area (Å²) in [5.41, 5.74) is 3.92. The Morgan fingerprint density at radius 1 is 1.06 bits per heavy atom. The van der Waals surface area contributed by atoms with Crippen molar-refractivity contribution in [3.8, 4) is 0 Å². The standard InChI is InChI=1S/C10H11O.Li.H3O4P/c1-7-4-8(2)10(6-11)9(3)5-7;;1-5(2,3)4/h4-5H,1-3H3;;(H3,1,2,3,4)/q-1;+1;. The van der Waals surface area contributed by atoms with Crippen molar-refractivity contribution < 1.29 is 42.9 Å². The van der Waals surface area contributed by atoms with Crippen LogP contribution in [0.5, 0.6) is 0 Å². The summed E-state index contributed by atoms with van der Waals surface area (Å²) in [5, 5.41) is 0. The largest absolute Gasteiger partial charge is 1.00 e. The number of hydrogen-bond donors (Lipinski definition) is 3. The van der Waals surface area contributed by atoms with Crippen LogP contribution in [0.25, 0.3) is 0 Å². The summed E-state index contributed by atoms with van der Waals surface area (Å²) in [4.78, 5) is 32.0. The third-order valence-electron chi connectivity index (χ3n) is 1.78. The smallest absolute Gasteiger partial charge is 0.376 e. The van der Waals surface area contributed by atoms with Crippen LogP contribution in [0, 0.1) is 20.8 Å². The Hall–Kier alpha value is -0.403. The van der Waals surface area contributed by atoms with E-state index < -0.39 is 7.82 Å². The van der Waals surface area contributed by atoms with Gasteiger partial charge in [-0.3, -0.25) is 0 Å². The summed E-state index contributed by atoms with van der Waals surface area (Å²) in [5.74, 6) is 0. The van der Waals surface area contributed by atoms with Crippen LogP contribution in [0.1, 0.15) is 22.3 Å². The van der Waals surface area contributed by atoms with Gasteiger partial charge in [-0.2, -0.15) is 0 Å². The van der Waals surface area contributed by atoms with Gasteiger partial charge >= 0.3 is 26.7 Å². The van der Waals surface area contributed by atoms with Crippen molar-refractivity contribution in [2.24, 2.45) is 0 Å². The molecule has 0 spiro atoms. The first-order chi connectivity index (χ1) is 7.15. The Bertz CT molecular complexity index is 395. The predicted octanol–water partition coefficient (Wildman–Crippen LogP) is -1.85. The van der Waals surface area contributed by atoms with E-state index in [0.29, 0.717) is 5.56 Å². The molecule has 0 aliphatic carbocycles. The summed E-state index contributed by atoms with van der Waals surface area (Å²) in [6.07, 6.45) is 1.94. The molecule has 0 amide bonds. The normalized spacial score (nSPS) is 9.76. The molecule has 1 rings (SSSR count). The Balaban J connectivity index is 0. The number of phosphoric acid groups is 1. The van der Waals surface area contributed by atoms with E-state index in [9.17, 15) is 4.79 Å². The van der Waals surface area contributed by atoms with Crippen molar-refractivity contribution in [2.45, 2.75) is 20.8 Å². The van der Waals surface area contributed by atoms with Gasteiger partial charge in [0, 0.05) is 0 Å². The minimum Gasteiger partial charge on any atom is -0.376 e.